The van der Waals surface area contributed by atoms with E-state index in [4.69, 9.17) is 32.7 Å². The fourth-order valence-electron chi connectivity index (χ4n) is 2.69. The van der Waals surface area contributed by atoms with Gasteiger partial charge in [-0.3, -0.25) is 9.78 Å². The first-order chi connectivity index (χ1) is 13.0. The number of fused-ring (bicyclic) bond motifs is 1. The van der Waals surface area contributed by atoms with Crippen LogP contribution in [0.1, 0.15) is 5.56 Å². The highest BCUT2D eigenvalue weighted by atomic mass is 35.5. The first-order valence-corrected chi connectivity index (χ1v) is 8.97. The third kappa shape index (κ3) is 4.43. The third-order valence-corrected chi connectivity index (χ3v) is 4.67. The van der Waals surface area contributed by atoms with Crippen LogP contribution in [0.2, 0.25) is 10.0 Å². The van der Waals surface area contributed by atoms with Gasteiger partial charge in [-0.05, 0) is 42.5 Å². The smallest absolute Gasteiger partial charge is 0.260 e. The molecule has 27 heavy (non-hydrogen) atoms. The van der Waals surface area contributed by atoms with Crippen molar-refractivity contribution < 1.29 is 14.3 Å². The van der Waals surface area contributed by atoms with Crippen molar-refractivity contribution in [1.29, 1.82) is 0 Å². The molecule has 3 rings (SSSR count). The van der Waals surface area contributed by atoms with Crippen molar-refractivity contribution in [2.24, 2.45) is 0 Å². The SMILES string of the molecule is COc1ccc(Cl)cc1CN(C)C(=O)COc1ccc(Cl)c2cccnc12. The Labute approximate surface area is 167 Å². The second kappa shape index (κ2) is 8.46. The zero-order chi connectivity index (χ0) is 19.4. The molecule has 0 unspecified atom stereocenters. The minimum absolute atomic E-state index is 0.118. The van der Waals surface area contributed by atoms with Gasteiger partial charge in [0, 0.05) is 35.8 Å². The van der Waals surface area contributed by atoms with E-state index in [9.17, 15) is 4.79 Å². The highest BCUT2D eigenvalue weighted by Gasteiger charge is 2.15. The summed E-state index contributed by atoms with van der Waals surface area (Å²) in [5.41, 5.74) is 1.44. The fraction of sp³-hybridized carbons (Fsp3) is 0.200. The van der Waals surface area contributed by atoms with Gasteiger partial charge in [-0.2, -0.15) is 0 Å². The molecule has 1 heterocycles. The second-order valence-electron chi connectivity index (χ2n) is 5.94. The quantitative estimate of drug-likeness (QED) is 0.602. The van der Waals surface area contributed by atoms with Crippen LogP contribution in [0, 0.1) is 0 Å². The average molecular weight is 405 g/mol. The lowest BCUT2D eigenvalue weighted by Crippen LogP contribution is -2.31. The van der Waals surface area contributed by atoms with Crippen LogP contribution in [-0.4, -0.2) is 36.6 Å². The van der Waals surface area contributed by atoms with Gasteiger partial charge in [0.2, 0.25) is 0 Å². The van der Waals surface area contributed by atoms with Crippen molar-refractivity contribution in [2.75, 3.05) is 20.8 Å². The van der Waals surface area contributed by atoms with Crippen LogP contribution in [0.4, 0.5) is 0 Å². The molecule has 2 aromatic carbocycles. The van der Waals surface area contributed by atoms with Crippen LogP contribution in [0.3, 0.4) is 0 Å². The molecule has 0 aliphatic rings. The number of hydrogen-bond donors (Lipinski definition) is 0. The van der Waals surface area contributed by atoms with Gasteiger partial charge >= 0.3 is 0 Å². The summed E-state index contributed by atoms with van der Waals surface area (Å²) in [6.07, 6.45) is 1.66. The number of carbonyl (C=O) groups is 1. The summed E-state index contributed by atoms with van der Waals surface area (Å²) in [7, 11) is 3.28. The monoisotopic (exact) mass is 404 g/mol. The van der Waals surface area contributed by atoms with E-state index in [2.05, 4.69) is 4.98 Å². The maximum Gasteiger partial charge on any atom is 0.260 e. The molecule has 0 spiro atoms. The fourth-order valence-corrected chi connectivity index (χ4v) is 3.10. The van der Waals surface area contributed by atoms with E-state index in [1.165, 1.54) is 0 Å². The van der Waals surface area contributed by atoms with E-state index in [0.29, 0.717) is 33.6 Å². The summed E-state index contributed by atoms with van der Waals surface area (Å²) in [6.45, 7) is 0.234. The molecular formula is C20H18Cl2N2O3. The summed E-state index contributed by atoms with van der Waals surface area (Å²) in [4.78, 5) is 18.3. The molecule has 0 saturated carbocycles. The van der Waals surface area contributed by atoms with Crippen LogP contribution in [0.5, 0.6) is 11.5 Å². The van der Waals surface area contributed by atoms with Crippen LogP contribution >= 0.6 is 23.2 Å². The van der Waals surface area contributed by atoms with Gasteiger partial charge in [-0.15, -0.1) is 0 Å². The third-order valence-electron chi connectivity index (χ3n) is 4.11. The van der Waals surface area contributed by atoms with E-state index in [1.54, 1.807) is 61.7 Å². The minimum atomic E-state index is -0.184. The Kier molecular flexibility index (Phi) is 6.04. The average Bonchev–Trinajstić information content (AvgIpc) is 2.67. The Morgan fingerprint density at radius 1 is 1.15 bits per heavy atom. The molecule has 0 aliphatic heterocycles. The van der Waals surface area contributed by atoms with Crippen molar-refractivity contribution in [3.63, 3.8) is 0 Å². The summed E-state index contributed by atoms with van der Waals surface area (Å²) < 4.78 is 11.0. The highest BCUT2D eigenvalue weighted by molar-refractivity contribution is 6.35. The van der Waals surface area contributed by atoms with Gasteiger partial charge in [0.05, 0.1) is 12.1 Å². The number of amides is 1. The molecule has 1 aromatic heterocycles. The van der Waals surface area contributed by atoms with Crippen LogP contribution < -0.4 is 9.47 Å². The highest BCUT2D eigenvalue weighted by Crippen LogP contribution is 2.29. The minimum Gasteiger partial charge on any atom is -0.496 e. The second-order valence-corrected chi connectivity index (χ2v) is 6.78. The molecule has 7 heteroatoms. The van der Waals surface area contributed by atoms with Crippen molar-refractivity contribution in [3.8, 4) is 11.5 Å². The molecule has 0 aliphatic carbocycles. The van der Waals surface area contributed by atoms with Crippen molar-refractivity contribution >= 4 is 40.0 Å². The Balaban J connectivity index is 1.70. The van der Waals surface area contributed by atoms with Gasteiger partial charge < -0.3 is 14.4 Å². The number of pyridine rings is 1. The van der Waals surface area contributed by atoms with Gasteiger partial charge in [0.1, 0.15) is 17.0 Å². The Morgan fingerprint density at radius 3 is 2.70 bits per heavy atom. The number of ether oxygens (including phenoxy) is 2. The largest absolute Gasteiger partial charge is 0.496 e. The number of nitrogens with zero attached hydrogens (tertiary/aromatic N) is 2. The van der Waals surface area contributed by atoms with Gasteiger partial charge in [-0.1, -0.05) is 23.2 Å². The van der Waals surface area contributed by atoms with E-state index < -0.39 is 0 Å². The molecule has 0 saturated heterocycles. The number of benzene rings is 2. The lowest BCUT2D eigenvalue weighted by Gasteiger charge is -2.19. The molecule has 3 aromatic rings. The molecule has 0 bridgehead atoms. The van der Waals surface area contributed by atoms with E-state index in [1.807, 2.05) is 6.07 Å². The van der Waals surface area contributed by atoms with Gasteiger partial charge in [0.25, 0.3) is 5.91 Å². The Bertz CT molecular complexity index is 979. The number of methoxy groups -OCH3 is 1. The molecule has 1 amide bonds. The van der Waals surface area contributed by atoms with E-state index in [0.717, 1.165) is 10.9 Å². The number of likely N-dealkylation sites (N-methyl/N-ethyl adjacent to an activating group) is 1. The number of rotatable bonds is 6. The molecule has 0 atom stereocenters. The topological polar surface area (TPSA) is 51.7 Å². The number of carbonyl (C=O) groups excluding carboxylic acids is 1. The number of aromatic nitrogens is 1. The first-order valence-electron chi connectivity index (χ1n) is 8.22. The molecule has 0 N–H and O–H groups in total. The molecular weight excluding hydrogens is 387 g/mol. The predicted octanol–water partition coefficient (Wildman–Crippen LogP) is 4.59. The first kappa shape index (κ1) is 19.3. The Hall–Kier alpha value is -2.50. The molecule has 0 fully saturated rings. The van der Waals surface area contributed by atoms with Crippen LogP contribution in [0.25, 0.3) is 10.9 Å². The summed E-state index contributed by atoms with van der Waals surface area (Å²) in [6, 6.07) is 12.4. The number of halogens is 2. The maximum absolute atomic E-state index is 12.5. The zero-order valence-corrected chi connectivity index (χ0v) is 16.4. The van der Waals surface area contributed by atoms with Crippen molar-refractivity contribution in [2.45, 2.75) is 6.54 Å². The van der Waals surface area contributed by atoms with Crippen molar-refractivity contribution in [1.82, 2.24) is 9.88 Å². The Morgan fingerprint density at radius 2 is 1.93 bits per heavy atom. The van der Waals surface area contributed by atoms with E-state index >= 15 is 0 Å². The normalized spacial score (nSPS) is 10.7. The molecule has 5 nitrogen and oxygen atoms in total. The molecule has 0 radical (unpaired) electrons. The van der Waals surface area contributed by atoms with Crippen LogP contribution in [0.15, 0.2) is 48.7 Å². The standard InChI is InChI=1S/C20H18Cl2N2O3/c1-24(11-13-10-14(21)5-7-17(13)26-2)19(25)12-27-18-8-6-16(22)15-4-3-9-23-20(15)18/h3-10H,11-12H2,1-2H3. The van der Waals surface area contributed by atoms with Crippen LogP contribution in [-0.2, 0) is 11.3 Å². The zero-order valence-electron chi connectivity index (χ0n) is 14.9. The lowest BCUT2D eigenvalue weighted by molar-refractivity contribution is -0.132. The van der Waals surface area contributed by atoms with Gasteiger partial charge in [0.15, 0.2) is 6.61 Å². The van der Waals surface area contributed by atoms with Crippen molar-refractivity contribution in [3.05, 3.63) is 64.3 Å². The summed E-state index contributed by atoms with van der Waals surface area (Å²) in [5.74, 6) is 1.00. The van der Waals surface area contributed by atoms with E-state index in [-0.39, 0.29) is 12.5 Å². The lowest BCUT2D eigenvalue weighted by atomic mass is 10.2. The predicted molar refractivity (Wildman–Crippen MR) is 107 cm³/mol. The maximum atomic E-state index is 12.5. The summed E-state index contributed by atoms with van der Waals surface area (Å²) >= 11 is 12.2. The van der Waals surface area contributed by atoms with Gasteiger partial charge in [-0.25, -0.2) is 0 Å². The summed E-state index contributed by atoms with van der Waals surface area (Å²) in [5, 5.41) is 1.95. The number of hydrogen-bond acceptors (Lipinski definition) is 4. The molecule has 140 valence electrons.